The highest BCUT2D eigenvalue weighted by Crippen LogP contribution is 2.32. The molecule has 21 heavy (non-hydrogen) atoms. The van der Waals surface area contributed by atoms with Crippen molar-refractivity contribution in [3.05, 3.63) is 58.9 Å². The molecule has 0 aliphatic heterocycles. The van der Waals surface area contributed by atoms with Crippen LogP contribution in [-0.2, 0) is 6.42 Å². The van der Waals surface area contributed by atoms with Gasteiger partial charge in [0.05, 0.1) is 21.8 Å². The molecule has 2 nitrogen and oxygen atoms in total. The highest BCUT2D eigenvalue weighted by atomic mass is 35.5. The predicted molar refractivity (Wildman–Crippen MR) is 89.3 cm³/mol. The minimum absolute atomic E-state index is 0.153. The first kappa shape index (κ1) is 14.4. The molecular formula is C17H16Cl2N2. The lowest BCUT2D eigenvalue weighted by molar-refractivity contribution is 0.965. The zero-order valence-corrected chi connectivity index (χ0v) is 13.5. The van der Waals surface area contributed by atoms with Gasteiger partial charge in [-0.15, -0.1) is 11.6 Å². The lowest BCUT2D eigenvalue weighted by Gasteiger charge is -2.08. The number of aromatic nitrogens is 2. The number of pyridine rings is 1. The Morgan fingerprint density at radius 3 is 2.48 bits per heavy atom. The second kappa shape index (κ2) is 5.70. The normalized spacial score (nSPS) is 12.8. The van der Waals surface area contributed by atoms with E-state index in [1.54, 1.807) is 0 Å². The molecule has 0 fully saturated rings. The van der Waals surface area contributed by atoms with Crippen LogP contribution in [0, 0.1) is 0 Å². The molecule has 0 bridgehead atoms. The number of benzene rings is 1. The summed E-state index contributed by atoms with van der Waals surface area (Å²) in [6.45, 7) is 4.10. The summed E-state index contributed by atoms with van der Waals surface area (Å²) in [5.41, 5.74) is 5.14. The predicted octanol–water partition coefficient (Wildman–Crippen LogP) is 5.52. The molecule has 4 heteroatoms. The Balaban J connectivity index is 2.23. The third-order valence-electron chi connectivity index (χ3n) is 3.63. The van der Waals surface area contributed by atoms with Crippen LogP contribution in [0.3, 0.4) is 0 Å². The van der Waals surface area contributed by atoms with Gasteiger partial charge in [-0.3, -0.25) is 0 Å². The zero-order chi connectivity index (χ0) is 15.0. The Labute approximate surface area is 134 Å². The zero-order valence-electron chi connectivity index (χ0n) is 12.0. The number of fused-ring (bicyclic) bond motifs is 1. The molecule has 108 valence electrons. The maximum absolute atomic E-state index is 6.39. The second-order valence-electron chi connectivity index (χ2n) is 5.09. The Hall–Kier alpha value is -1.51. The van der Waals surface area contributed by atoms with E-state index in [0.717, 1.165) is 29.0 Å². The monoisotopic (exact) mass is 318 g/mol. The summed E-state index contributed by atoms with van der Waals surface area (Å²) < 4.78 is 1.98. The summed E-state index contributed by atoms with van der Waals surface area (Å²) in [5, 5.41) is 0.519. The Morgan fingerprint density at radius 2 is 1.86 bits per heavy atom. The largest absolute Gasteiger partial charge is 0.300 e. The first-order valence-electron chi connectivity index (χ1n) is 7.01. The fourth-order valence-corrected chi connectivity index (χ4v) is 2.90. The first-order valence-corrected chi connectivity index (χ1v) is 7.82. The SMILES string of the molecule is CCc1ccc(-c2nc3ccc(Cl)cn3c2C(C)Cl)cc1. The van der Waals surface area contributed by atoms with Gasteiger partial charge in [0.2, 0.25) is 0 Å². The summed E-state index contributed by atoms with van der Waals surface area (Å²) in [6, 6.07) is 12.2. The van der Waals surface area contributed by atoms with Gasteiger partial charge in [0.25, 0.3) is 0 Å². The number of aryl methyl sites for hydroxylation is 1. The lowest BCUT2D eigenvalue weighted by Crippen LogP contribution is -1.95. The Bertz CT molecular complexity index is 773. The van der Waals surface area contributed by atoms with Gasteiger partial charge < -0.3 is 4.40 Å². The molecule has 0 N–H and O–H groups in total. The van der Waals surface area contributed by atoms with Gasteiger partial charge in [-0.05, 0) is 31.0 Å². The van der Waals surface area contributed by atoms with Gasteiger partial charge in [-0.2, -0.15) is 0 Å². The van der Waals surface area contributed by atoms with Crippen LogP contribution >= 0.6 is 23.2 Å². The van der Waals surface area contributed by atoms with E-state index in [1.165, 1.54) is 5.56 Å². The van der Waals surface area contributed by atoms with Crippen LogP contribution < -0.4 is 0 Å². The third kappa shape index (κ3) is 2.66. The third-order valence-corrected chi connectivity index (χ3v) is 4.06. The second-order valence-corrected chi connectivity index (χ2v) is 6.18. The van der Waals surface area contributed by atoms with E-state index in [-0.39, 0.29) is 5.38 Å². The van der Waals surface area contributed by atoms with E-state index in [4.69, 9.17) is 28.2 Å². The molecule has 2 heterocycles. The number of halogens is 2. The molecule has 0 spiro atoms. The van der Waals surface area contributed by atoms with Crippen molar-refractivity contribution in [2.24, 2.45) is 0 Å². The Morgan fingerprint density at radius 1 is 1.14 bits per heavy atom. The number of imidazole rings is 1. The molecule has 1 atom stereocenters. The summed E-state index contributed by atoms with van der Waals surface area (Å²) in [6.07, 6.45) is 2.89. The van der Waals surface area contributed by atoms with Gasteiger partial charge >= 0.3 is 0 Å². The fraction of sp³-hybridized carbons (Fsp3) is 0.235. The standard InChI is InChI=1S/C17H16Cl2N2/c1-3-12-4-6-13(7-5-12)16-17(11(2)18)21-10-14(19)8-9-15(21)20-16/h4-11H,3H2,1-2H3. The van der Waals surface area contributed by atoms with E-state index < -0.39 is 0 Å². The molecule has 0 aliphatic rings. The van der Waals surface area contributed by atoms with E-state index in [2.05, 4.69) is 31.2 Å². The lowest BCUT2D eigenvalue weighted by atomic mass is 10.1. The van der Waals surface area contributed by atoms with E-state index in [0.29, 0.717) is 5.02 Å². The van der Waals surface area contributed by atoms with Crippen molar-refractivity contribution >= 4 is 28.8 Å². The Kier molecular flexibility index (Phi) is 3.92. The molecule has 0 saturated carbocycles. The topological polar surface area (TPSA) is 17.3 Å². The quantitative estimate of drug-likeness (QED) is 0.581. The van der Waals surface area contributed by atoms with Crippen LogP contribution in [0.15, 0.2) is 42.6 Å². The van der Waals surface area contributed by atoms with Crippen LogP contribution in [-0.4, -0.2) is 9.38 Å². The molecule has 0 saturated heterocycles. The van der Waals surface area contributed by atoms with E-state index in [1.807, 2.05) is 29.7 Å². The van der Waals surface area contributed by atoms with Gasteiger partial charge in [0, 0.05) is 11.8 Å². The van der Waals surface area contributed by atoms with Gasteiger partial charge in [-0.1, -0.05) is 42.8 Å². The van der Waals surface area contributed by atoms with Crippen molar-refractivity contribution in [3.63, 3.8) is 0 Å². The molecule has 1 aromatic carbocycles. The average molecular weight is 319 g/mol. The van der Waals surface area contributed by atoms with Crippen LogP contribution in [0.5, 0.6) is 0 Å². The summed E-state index contributed by atoms with van der Waals surface area (Å²) >= 11 is 12.5. The maximum atomic E-state index is 6.39. The van der Waals surface area contributed by atoms with Crippen molar-refractivity contribution in [1.29, 1.82) is 0 Å². The van der Waals surface area contributed by atoms with Crippen molar-refractivity contribution in [1.82, 2.24) is 9.38 Å². The first-order chi connectivity index (χ1) is 10.1. The number of rotatable bonds is 3. The van der Waals surface area contributed by atoms with Crippen LogP contribution in [0.1, 0.15) is 30.5 Å². The van der Waals surface area contributed by atoms with Crippen LogP contribution in [0.2, 0.25) is 5.02 Å². The smallest absolute Gasteiger partial charge is 0.137 e. The highest BCUT2D eigenvalue weighted by Gasteiger charge is 2.18. The van der Waals surface area contributed by atoms with E-state index in [9.17, 15) is 0 Å². The van der Waals surface area contributed by atoms with Crippen LogP contribution in [0.25, 0.3) is 16.9 Å². The average Bonchev–Trinajstić information content (AvgIpc) is 2.86. The summed E-state index contributed by atoms with van der Waals surface area (Å²) in [7, 11) is 0. The van der Waals surface area contributed by atoms with Crippen LogP contribution in [0.4, 0.5) is 0 Å². The van der Waals surface area contributed by atoms with Gasteiger partial charge in [-0.25, -0.2) is 4.98 Å². The van der Waals surface area contributed by atoms with Crippen molar-refractivity contribution in [2.45, 2.75) is 25.6 Å². The van der Waals surface area contributed by atoms with Crippen molar-refractivity contribution in [3.8, 4) is 11.3 Å². The number of hydrogen-bond donors (Lipinski definition) is 0. The molecule has 0 radical (unpaired) electrons. The maximum Gasteiger partial charge on any atom is 0.137 e. The molecule has 3 aromatic rings. The summed E-state index contributed by atoms with van der Waals surface area (Å²) in [4.78, 5) is 4.72. The molecule has 0 amide bonds. The molecule has 3 rings (SSSR count). The molecule has 0 aliphatic carbocycles. The van der Waals surface area contributed by atoms with E-state index >= 15 is 0 Å². The fourth-order valence-electron chi connectivity index (χ4n) is 2.53. The van der Waals surface area contributed by atoms with Gasteiger partial charge in [0.1, 0.15) is 5.65 Å². The van der Waals surface area contributed by atoms with Crippen molar-refractivity contribution in [2.75, 3.05) is 0 Å². The summed E-state index contributed by atoms with van der Waals surface area (Å²) in [5.74, 6) is 0. The minimum atomic E-state index is -0.153. The molecule has 2 aromatic heterocycles. The molecular weight excluding hydrogens is 303 g/mol. The van der Waals surface area contributed by atoms with Gasteiger partial charge in [0.15, 0.2) is 0 Å². The number of hydrogen-bond acceptors (Lipinski definition) is 1. The number of nitrogens with zero attached hydrogens (tertiary/aromatic N) is 2. The van der Waals surface area contributed by atoms with Crippen molar-refractivity contribution < 1.29 is 0 Å². The minimum Gasteiger partial charge on any atom is -0.300 e. The highest BCUT2D eigenvalue weighted by molar-refractivity contribution is 6.30. The molecule has 1 unspecified atom stereocenters. The number of alkyl halides is 1.